The molecule has 0 spiro atoms. The Morgan fingerprint density at radius 3 is 2.84 bits per heavy atom. The third-order valence-corrected chi connectivity index (χ3v) is 4.24. The maximum absolute atomic E-state index is 6.01. The third-order valence-electron chi connectivity index (χ3n) is 4.24. The number of hydrogen-bond acceptors (Lipinski definition) is 3. The molecule has 1 saturated heterocycles. The van der Waals surface area contributed by atoms with E-state index in [2.05, 4.69) is 36.1 Å². The van der Waals surface area contributed by atoms with Gasteiger partial charge in [-0.2, -0.15) is 0 Å². The van der Waals surface area contributed by atoms with Crippen molar-refractivity contribution >= 4 is 0 Å². The minimum atomic E-state index is 0.454. The SMILES string of the molecule is CCN1CCCC(CN)C1c1ccccc1COC. The predicted octanol–water partition coefficient (Wildman–Crippen LogP) is 2.56. The van der Waals surface area contributed by atoms with Gasteiger partial charge in [0.2, 0.25) is 0 Å². The number of hydrogen-bond donors (Lipinski definition) is 1. The number of likely N-dealkylation sites (tertiary alicyclic amines) is 1. The number of rotatable bonds is 5. The van der Waals surface area contributed by atoms with E-state index in [1.807, 2.05) is 0 Å². The van der Waals surface area contributed by atoms with Gasteiger partial charge in [0.1, 0.15) is 0 Å². The van der Waals surface area contributed by atoms with E-state index in [0.717, 1.165) is 13.1 Å². The number of methoxy groups -OCH3 is 1. The topological polar surface area (TPSA) is 38.5 Å². The molecule has 1 heterocycles. The summed E-state index contributed by atoms with van der Waals surface area (Å²) in [4.78, 5) is 2.56. The Kier molecular flexibility index (Phi) is 5.37. The lowest BCUT2D eigenvalue weighted by Gasteiger charge is -2.41. The van der Waals surface area contributed by atoms with Crippen molar-refractivity contribution in [2.45, 2.75) is 32.4 Å². The molecule has 1 aromatic carbocycles. The predicted molar refractivity (Wildman–Crippen MR) is 78.9 cm³/mol. The second kappa shape index (κ2) is 7.04. The highest BCUT2D eigenvalue weighted by Crippen LogP contribution is 2.36. The summed E-state index contributed by atoms with van der Waals surface area (Å²) in [7, 11) is 1.76. The smallest absolute Gasteiger partial charge is 0.0716 e. The van der Waals surface area contributed by atoms with E-state index in [1.165, 1.54) is 30.5 Å². The molecule has 2 atom stereocenters. The van der Waals surface area contributed by atoms with Crippen LogP contribution in [0.2, 0.25) is 0 Å². The third kappa shape index (κ3) is 3.16. The highest BCUT2D eigenvalue weighted by molar-refractivity contribution is 5.30. The first-order chi connectivity index (χ1) is 9.31. The fourth-order valence-electron chi connectivity index (χ4n) is 3.31. The zero-order valence-electron chi connectivity index (χ0n) is 12.1. The summed E-state index contributed by atoms with van der Waals surface area (Å²) in [6.45, 7) is 5.95. The first-order valence-electron chi connectivity index (χ1n) is 7.32. The van der Waals surface area contributed by atoms with E-state index in [4.69, 9.17) is 10.5 Å². The lowest BCUT2D eigenvalue weighted by atomic mass is 9.83. The molecule has 0 aromatic heterocycles. The molecule has 1 aliphatic rings. The van der Waals surface area contributed by atoms with Crippen LogP contribution in [0.3, 0.4) is 0 Å². The molecule has 0 bridgehead atoms. The number of piperidine rings is 1. The highest BCUT2D eigenvalue weighted by atomic mass is 16.5. The average Bonchev–Trinajstić information content (AvgIpc) is 2.47. The van der Waals surface area contributed by atoms with Crippen LogP contribution in [0.1, 0.15) is 36.9 Å². The van der Waals surface area contributed by atoms with Crippen LogP contribution >= 0.6 is 0 Å². The summed E-state index contributed by atoms with van der Waals surface area (Å²) in [5.74, 6) is 0.562. The Bertz CT molecular complexity index is 382. The van der Waals surface area contributed by atoms with Crippen molar-refractivity contribution in [2.24, 2.45) is 11.7 Å². The van der Waals surface area contributed by atoms with E-state index in [1.54, 1.807) is 7.11 Å². The molecule has 1 fully saturated rings. The van der Waals surface area contributed by atoms with Gasteiger partial charge >= 0.3 is 0 Å². The summed E-state index contributed by atoms with van der Waals surface area (Å²) in [5, 5.41) is 0. The van der Waals surface area contributed by atoms with Gasteiger partial charge < -0.3 is 10.5 Å². The van der Waals surface area contributed by atoms with E-state index < -0.39 is 0 Å². The fraction of sp³-hybridized carbons (Fsp3) is 0.625. The largest absolute Gasteiger partial charge is 0.380 e. The molecule has 2 unspecified atom stereocenters. The van der Waals surface area contributed by atoms with Crippen molar-refractivity contribution in [1.82, 2.24) is 4.90 Å². The molecule has 1 aromatic rings. The molecule has 19 heavy (non-hydrogen) atoms. The summed E-state index contributed by atoms with van der Waals surface area (Å²) >= 11 is 0. The van der Waals surface area contributed by atoms with E-state index in [-0.39, 0.29) is 0 Å². The Hall–Kier alpha value is -0.900. The molecule has 3 nitrogen and oxygen atoms in total. The van der Waals surface area contributed by atoms with Gasteiger partial charge in [0.05, 0.1) is 6.61 Å². The van der Waals surface area contributed by atoms with Crippen molar-refractivity contribution in [2.75, 3.05) is 26.7 Å². The maximum Gasteiger partial charge on any atom is 0.0716 e. The molecule has 0 aliphatic carbocycles. The lowest BCUT2D eigenvalue weighted by Crippen LogP contribution is -2.41. The number of nitrogens with zero attached hydrogens (tertiary/aromatic N) is 1. The van der Waals surface area contributed by atoms with Crippen molar-refractivity contribution < 1.29 is 4.74 Å². The summed E-state index contributed by atoms with van der Waals surface area (Å²) < 4.78 is 5.35. The van der Waals surface area contributed by atoms with Gasteiger partial charge in [-0.3, -0.25) is 4.90 Å². The van der Waals surface area contributed by atoms with Crippen LogP contribution in [0.15, 0.2) is 24.3 Å². The van der Waals surface area contributed by atoms with Crippen molar-refractivity contribution in [3.63, 3.8) is 0 Å². The molecule has 0 amide bonds. The van der Waals surface area contributed by atoms with Gasteiger partial charge in [-0.1, -0.05) is 31.2 Å². The van der Waals surface area contributed by atoms with Crippen molar-refractivity contribution in [3.05, 3.63) is 35.4 Å². The van der Waals surface area contributed by atoms with Gasteiger partial charge in [0, 0.05) is 13.2 Å². The summed E-state index contributed by atoms with van der Waals surface area (Å²) in [6.07, 6.45) is 2.50. The Morgan fingerprint density at radius 2 is 2.16 bits per heavy atom. The number of nitrogens with two attached hydrogens (primary N) is 1. The fourth-order valence-corrected chi connectivity index (χ4v) is 3.31. The molecule has 0 saturated carbocycles. The first-order valence-corrected chi connectivity index (χ1v) is 7.32. The van der Waals surface area contributed by atoms with Gasteiger partial charge in [0.25, 0.3) is 0 Å². The molecule has 3 heteroatoms. The highest BCUT2D eigenvalue weighted by Gasteiger charge is 2.31. The van der Waals surface area contributed by atoms with Gasteiger partial charge in [-0.15, -0.1) is 0 Å². The monoisotopic (exact) mass is 262 g/mol. The summed E-state index contributed by atoms with van der Waals surface area (Å²) in [5.41, 5.74) is 8.72. The van der Waals surface area contributed by atoms with Gasteiger partial charge in [-0.25, -0.2) is 0 Å². The van der Waals surface area contributed by atoms with Crippen LogP contribution in [0.5, 0.6) is 0 Å². The standard InChI is InChI=1S/C16H26N2O/c1-3-18-10-6-8-13(11-17)16(18)15-9-5-4-7-14(15)12-19-2/h4-5,7,9,13,16H,3,6,8,10-12,17H2,1-2H3. The number of benzene rings is 1. The Balaban J connectivity index is 2.34. The van der Waals surface area contributed by atoms with Crippen molar-refractivity contribution in [1.29, 1.82) is 0 Å². The molecule has 0 radical (unpaired) electrons. The number of ether oxygens (including phenoxy) is 1. The lowest BCUT2D eigenvalue weighted by molar-refractivity contribution is 0.0988. The molecule has 1 aliphatic heterocycles. The molecule has 106 valence electrons. The zero-order valence-corrected chi connectivity index (χ0v) is 12.1. The molecule has 2 N–H and O–H groups in total. The second-order valence-electron chi connectivity index (χ2n) is 5.34. The minimum absolute atomic E-state index is 0.454. The van der Waals surface area contributed by atoms with Crippen LogP contribution in [0.4, 0.5) is 0 Å². The quantitative estimate of drug-likeness (QED) is 0.886. The average molecular weight is 262 g/mol. The normalized spacial score (nSPS) is 24.6. The summed E-state index contributed by atoms with van der Waals surface area (Å²) in [6, 6.07) is 9.10. The molecular weight excluding hydrogens is 236 g/mol. The maximum atomic E-state index is 6.01. The van der Waals surface area contributed by atoms with Gasteiger partial charge in [-0.05, 0) is 49.5 Å². The zero-order chi connectivity index (χ0) is 13.7. The van der Waals surface area contributed by atoms with E-state index >= 15 is 0 Å². The molecular formula is C16H26N2O. The Morgan fingerprint density at radius 1 is 1.37 bits per heavy atom. The van der Waals surface area contributed by atoms with Crippen LogP contribution in [-0.2, 0) is 11.3 Å². The Labute approximate surface area is 116 Å². The van der Waals surface area contributed by atoms with Crippen LogP contribution in [0, 0.1) is 5.92 Å². The van der Waals surface area contributed by atoms with Crippen LogP contribution < -0.4 is 5.73 Å². The van der Waals surface area contributed by atoms with Crippen LogP contribution in [-0.4, -0.2) is 31.6 Å². The van der Waals surface area contributed by atoms with Crippen molar-refractivity contribution in [3.8, 4) is 0 Å². The second-order valence-corrected chi connectivity index (χ2v) is 5.34. The molecule has 2 rings (SSSR count). The van der Waals surface area contributed by atoms with E-state index in [0.29, 0.717) is 18.6 Å². The van der Waals surface area contributed by atoms with Crippen LogP contribution in [0.25, 0.3) is 0 Å². The van der Waals surface area contributed by atoms with Gasteiger partial charge in [0.15, 0.2) is 0 Å². The minimum Gasteiger partial charge on any atom is -0.380 e. The van der Waals surface area contributed by atoms with E-state index in [9.17, 15) is 0 Å². The first kappa shape index (κ1) is 14.5.